The molecule has 3 N–H and O–H groups in total. The van der Waals surface area contributed by atoms with E-state index in [0.717, 1.165) is 21.0 Å². The quantitative estimate of drug-likeness (QED) is 0.104. The van der Waals surface area contributed by atoms with Crippen molar-refractivity contribution in [3.63, 3.8) is 0 Å². The Morgan fingerprint density at radius 2 is 1.62 bits per heavy atom. The molecule has 0 aliphatic rings. The molecule has 0 aliphatic carbocycles. The number of rotatable bonds is 14. The molecule has 14 heteroatoms. The van der Waals surface area contributed by atoms with Gasteiger partial charge in [0.05, 0.1) is 38.4 Å². The number of nitrogens with one attached hydrogen (secondary N) is 3. The minimum Gasteiger partial charge on any atom is -0.493 e. The molecule has 0 saturated carbocycles. The molecule has 0 spiro atoms. The van der Waals surface area contributed by atoms with Gasteiger partial charge < -0.3 is 24.5 Å². The summed E-state index contributed by atoms with van der Waals surface area (Å²) >= 11 is 0. The third-order valence-electron chi connectivity index (χ3n) is 7.26. The van der Waals surface area contributed by atoms with Crippen LogP contribution in [0.3, 0.4) is 0 Å². The number of hydrogen-bond acceptors (Lipinski definition) is 9. The summed E-state index contributed by atoms with van der Waals surface area (Å²) < 4.78 is 44.5. The van der Waals surface area contributed by atoms with Gasteiger partial charge in [0, 0.05) is 18.3 Å². The number of benzene rings is 3. The fraction of sp³-hybridized carbons (Fsp3) is 0.235. The molecular formula is C34H37N5O8S. The zero-order valence-electron chi connectivity index (χ0n) is 27.0. The van der Waals surface area contributed by atoms with Crippen molar-refractivity contribution in [1.82, 2.24) is 15.0 Å². The molecular weight excluding hydrogens is 638 g/mol. The number of furan rings is 1. The summed E-state index contributed by atoms with van der Waals surface area (Å²) in [5.74, 6) is -1.17. The predicted octanol–water partition coefficient (Wildman–Crippen LogP) is 3.55. The Kier molecular flexibility index (Phi) is 12.1. The maximum Gasteiger partial charge on any atom is 0.313 e. The average molecular weight is 676 g/mol. The third kappa shape index (κ3) is 9.53. The standard InChI is InChI=1S/C34H37N5O8S/c1-23-10-11-26(18-24(23)2)37-34(42)33(41)35-20-27-12-13-28(47-27)21-36-38-32(40)22-39(17-16-25-8-6-5-7-9-25)48(43,44)29-14-15-30(45-3)31(19-29)46-4/h5-15,18-19,21H,16-17,20,22H2,1-4H3,(H,35,41)(H,37,42)(H,38,40)/b36-21-. The Labute approximate surface area is 279 Å². The number of sulfonamides is 1. The highest BCUT2D eigenvalue weighted by atomic mass is 32.2. The average Bonchev–Trinajstić information content (AvgIpc) is 3.54. The first-order valence-corrected chi connectivity index (χ1v) is 16.3. The second-order valence-electron chi connectivity index (χ2n) is 10.6. The molecule has 0 bridgehead atoms. The Morgan fingerprint density at radius 1 is 0.875 bits per heavy atom. The first kappa shape index (κ1) is 35.4. The van der Waals surface area contributed by atoms with E-state index in [1.807, 2.05) is 50.2 Å². The minimum atomic E-state index is -4.14. The van der Waals surface area contributed by atoms with Crippen LogP contribution in [0.1, 0.15) is 28.2 Å². The number of hydrogen-bond donors (Lipinski definition) is 3. The minimum absolute atomic E-state index is 0.0216. The van der Waals surface area contributed by atoms with E-state index in [2.05, 4.69) is 21.2 Å². The van der Waals surface area contributed by atoms with Crippen LogP contribution in [0.5, 0.6) is 11.5 Å². The number of carbonyl (C=O) groups is 3. The number of amides is 3. The van der Waals surface area contributed by atoms with Gasteiger partial charge in [-0.1, -0.05) is 36.4 Å². The number of carbonyl (C=O) groups excluding carboxylic acids is 3. The summed E-state index contributed by atoms with van der Waals surface area (Å²) in [5.41, 5.74) is 5.78. The number of hydrazone groups is 1. The van der Waals surface area contributed by atoms with Gasteiger partial charge in [0.1, 0.15) is 11.5 Å². The second kappa shape index (κ2) is 16.4. The molecule has 0 fully saturated rings. The topological polar surface area (TPSA) is 169 Å². The van der Waals surface area contributed by atoms with Crippen LogP contribution in [0.15, 0.2) is 93.3 Å². The second-order valence-corrected chi connectivity index (χ2v) is 12.6. The van der Waals surface area contributed by atoms with Crippen molar-refractivity contribution in [2.45, 2.75) is 31.7 Å². The van der Waals surface area contributed by atoms with Crippen LogP contribution >= 0.6 is 0 Å². The summed E-state index contributed by atoms with van der Waals surface area (Å²) in [6, 6.07) is 22.0. The highest BCUT2D eigenvalue weighted by molar-refractivity contribution is 7.89. The first-order chi connectivity index (χ1) is 23.0. The summed E-state index contributed by atoms with van der Waals surface area (Å²) in [7, 11) is -1.29. The van der Waals surface area contributed by atoms with Gasteiger partial charge in [-0.3, -0.25) is 14.4 Å². The molecule has 4 aromatic rings. The van der Waals surface area contributed by atoms with Gasteiger partial charge in [-0.25, -0.2) is 13.8 Å². The van der Waals surface area contributed by atoms with Crippen molar-refractivity contribution in [3.05, 3.63) is 107 Å². The summed E-state index contributed by atoms with van der Waals surface area (Å²) in [6.07, 6.45) is 1.59. The molecule has 48 heavy (non-hydrogen) atoms. The lowest BCUT2D eigenvalue weighted by Gasteiger charge is -2.22. The van der Waals surface area contributed by atoms with Crippen molar-refractivity contribution in [2.24, 2.45) is 5.10 Å². The lowest BCUT2D eigenvalue weighted by molar-refractivity contribution is -0.136. The lowest BCUT2D eigenvalue weighted by atomic mass is 10.1. The molecule has 0 aliphatic heterocycles. The Balaban J connectivity index is 1.35. The van der Waals surface area contributed by atoms with Crippen LogP contribution in [0, 0.1) is 13.8 Å². The van der Waals surface area contributed by atoms with E-state index in [1.165, 1.54) is 38.6 Å². The number of nitrogens with zero attached hydrogens (tertiary/aromatic N) is 2. The zero-order valence-corrected chi connectivity index (χ0v) is 27.8. The van der Waals surface area contributed by atoms with Crippen LogP contribution < -0.4 is 25.5 Å². The lowest BCUT2D eigenvalue weighted by Crippen LogP contribution is -2.40. The number of methoxy groups -OCH3 is 2. The molecule has 252 valence electrons. The number of ether oxygens (including phenoxy) is 2. The van der Waals surface area contributed by atoms with E-state index in [9.17, 15) is 22.8 Å². The first-order valence-electron chi connectivity index (χ1n) is 14.8. The maximum absolute atomic E-state index is 13.7. The molecule has 1 heterocycles. The molecule has 4 rings (SSSR count). The van der Waals surface area contributed by atoms with Crippen molar-refractivity contribution >= 4 is 39.6 Å². The van der Waals surface area contributed by atoms with Gasteiger partial charge in [-0.05, 0) is 73.4 Å². The van der Waals surface area contributed by atoms with E-state index in [1.54, 1.807) is 24.3 Å². The zero-order chi connectivity index (χ0) is 34.7. The molecule has 0 radical (unpaired) electrons. The fourth-order valence-corrected chi connectivity index (χ4v) is 5.90. The van der Waals surface area contributed by atoms with Crippen molar-refractivity contribution in [2.75, 3.05) is 32.6 Å². The highest BCUT2D eigenvalue weighted by Gasteiger charge is 2.28. The highest BCUT2D eigenvalue weighted by Crippen LogP contribution is 2.30. The van der Waals surface area contributed by atoms with E-state index < -0.39 is 34.3 Å². The van der Waals surface area contributed by atoms with Gasteiger partial charge in [0.25, 0.3) is 5.91 Å². The Morgan fingerprint density at radius 3 is 2.33 bits per heavy atom. The molecule has 3 amide bonds. The Bertz CT molecular complexity index is 1890. The van der Waals surface area contributed by atoms with Crippen molar-refractivity contribution < 1.29 is 36.7 Å². The van der Waals surface area contributed by atoms with Crippen LogP contribution in [0.4, 0.5) is 5.69 Å². The molecule has 0 saturated heterocycles. The smallest absolute Gasteiger partial charge is 0.313 e. The normalized spacial score (nSPS) is 11.4. The number of anilines is 1. The van der Waals surface area contributed by atoms with E-state index >= 15 is 0 Å². The molecule has 0 atom stereocenters. The largest absolute Gasteiger partial charge is 0.493 e. The monoisotopic (exact) mass is 675 g/mol. The summed E-state index contributed by atoms with van der Waals surface area (Å²) in [4.78, 5) is 37.3. The predicted molar refractivity (Wildman–Crippen MR) is 179 cm³/mol. The summed E-state index contributed by atoms with van der Waals surface area (Å²) in [6.45, 7) is 3.29. The van der Waals surface area contributed by atoms with E-state index in [-0.39, 0.29) is 29.5 Å². The summed E-state index contributed by atoms with van der Waals surface area (Å²) in [5, 5.41) is 8.92. The molecule has 13 nitrogen and oxygen atoms in total. The van der Waals surface area contributed by atoms with Crippen molar-refractivity contribution in [3.8, 4) is 11.5 Å². The van der Waals surface area contributed by atoms with Gasteiger partial charge in [0.15, 0.2) is 11.5 Å². The maximum atomic E-state index is 13.7. The van der Waals surface area contributed by atoms with Gasteiger partial charge in [-0.2, -0.15) is 9.41 Å². The van der Waals surface area contributed by atoms with Gasteiger partial charge in [-0.15, -0.1) is 0 Å². The molecule has 0 unspecified atom stereocenters. The molecule has 1 aromatic heterocycles. The molecule has 3 aromatic carbocycles. The van der Waals surface area contributed by atoms with Gasteiger partial charge in [0.2, 0.25) is 10.0 Å². The SMILES string of the molecule is COc1ccc(S(=O)(=O)N(CCc2ccccc2)CC(=O)N/N=C\c2ccc(CNC(=O)C(=O)Nc3ccc(C)c(C)c3)o2)cc1OC. The van der Waals surface area contributed by atoms with Crippen LogP contribution in [0.2, 0.25) is 0 Å². The van der Waals surface area contributed by atoms with Gasteiger partial charge >= 0.3 is 11.8 Å². The number of aryl methyl sites for hydroxylation is 2. The van der Waals surface area contributed by atoms with Crippen molar-refractivity contribution in [1.29, 1.82) is 0 Å². The third-order valence-corrected chi connectivity index (χ3v) is 9.10. The van der Waals surface area contributed by atoms with E-state index in [4.69, 9.17) is 13.9 Å². The van der Waals surface area contributed by atoms with Crippen LogP contribution in [-0.2, 0) is 37.4 Å². The Hall–Kier alpha value is -5.47. The fourth-order valence-electron chi connectivity index (χ4n) is 4.49. The van der Waals surface area contributed by atoms with E-state index in [0.29, 0.717) is 23.6 Å². The van der Waals surface area contributed by atoms with Crippen LogP contribution in [0.25, 0.3) is 0 Å². The van der Waals surface area contributed by atoms with Crippen LogP contribution in [-0.4, -0.2) is 64.0 Å².